The molecule has 2 N–H and O–H groups in total. The summed E-state index contributed by atoms with van der Waals surface area (Å²) in [6.07, 6.45) is 6.70. The third kappa shape index (κ3) is 4.43. The zero-order chi connectivity index (χ0) is 15.2. The van der Waals surface area contributed by atoms with Crippen molar-refractivity contribution in [3.63, 3.8) is 0 Å². The highest BCUT2D eigenvalue weighted by Crippen LogP contribution is 2.27. The van der Waals surface area contributed by atoms with Crippen LogP contribution in [-0.2, 0) is 4.79 Å². The Bertz CT molecular complexity index is 322. The summed E-state index contributed by atoms with van der Waals surface area (Å²) in [6.45, 7) is 9.79. The third-order valence-electron chi connectivity index (χ3n) is 5.47. The van der Waals surface area contributed by atoms with Gasteiger partial charge in [0.2, 0.25) is 5.91 Å². The smallest absolute Gasteiger partial charge is 0.227 e. The lowest BCUT2D eigenvalue weighted by atomic mass is 9.83. The van der Waals surface area contributed by atoms with Crippen LogP contribution in [0.3, 0.4) is 0 Å². The molecule has 1 amide bonds. The second-order valence-corrected chi connectivity index (χ2v) is 6.81. The van der Waals surface area contributed by atoms with Crippen molar-refractivity contribution in [2.45, 2.75) is 58.4 Å². The Morgan fingerprint density at radius 2 is 1.71 bits per heavy atom. The first-order valence-electron chi connectivity index (χ1n) is 8.92. The van der Waals surface area contributed by atoms with Crippen LogP contribution in [0.2, 0.25) is 0 Å². The van der Waals surface area contributed by atoms with E-state index in [4.69, 9.17) is 5.73 Å². The van der Waals surface area contributed by atoms with Crippen molar-refractivity contribution >= 4 is 5.91 Å². The molecule has 2 atom stereocenters. The average molecular weight is 295 g/mol. The Balaban J connectivity index is 1.79. The molecule has 1 saturated carbocycles. The maximum absolute atomic E-state index is 12.6. The van der Waals surface area contributed by atoms with Crippen LogP contribution in [-0.4, -0.2) is 54.5 Å². The molecule has 2 rings (SSSR count). The maximum atomic E-state index is 12.6. The summed E-state index contributed by atoms with van der Waals surface area (Å²) in [7, 11) is 0. The molecule has 2 aliphatic rings. The summed E-state index contributed by atoms with van der Waals surface area (Å²) in [4.78, 5) is 17.2. The Kier molecular flexibility index (Phi) is 6.49. The fraction of sp³-hybridized carbons (Fsp3) is 0.941. The van der Waals surface area contributed by atoms with Gasteiger partial charge in [-0.1, -0.05) is 26.7 Å². The number of nitrogens with zero attached hydrogens (tertiary/aromatic N) is 2. The lowest BCUT2D eigenvalue weighted by molar-refractivity contribution is -0.138. The number of likely N-dealkylation sites (tertiary alicyclic amines) is 1. The molecule has 0 aromatic carbocycles. The van der Waals surface area contributed by atoms with E-state index in [9.17, 15) is 4.79 Å². The van der Waals surface area contributed by atoms with E-state index in [2.05, 4.69) is 23.6 Å². The van der Waals surface area contributed by atoms with Crippen molar-refractivity contribution in [2.24, 2.45) is 17.6 Å². The highest BCUT2D eigenvalue weighted by Gasteiger charge is 2.33. The molecule has 4 heteroatoms. The third-order valence-corrected chi connectivity index (χ3v) is 5.47. The number of carbonyl (C=O) groups excluding carboxylic acids is 1. The number of hydrogen-bond donors (Lipinski definition) is 1. The number of amides is 1. The van der Waals surface area contributed by atoms with Crippen LogP contribution in [0.15, 0.2) is 0 Å². The normalized spacial score (nSPS) is 28.1. The molecule has 0 aromatic heterocycles. The molecule has 1 aliphatic heterocycles. The van der Waals surface area contributed by atoms with Crippen molar-refractivity contribution in [3.05, 3.63) is 0 Å². The minimum Gasteiger partial charge on any atom is -0.342 e. The molecule has 0 aromatic rings. The van der Waals surface area contributed by atoms with E-state index in [1.807, 2.05) is 0 Å². The van der Waals surface area contributed by atoms with Crippen molar-refractivity contribution in [1.82, 2.24) is 9.80 Å². The topological polar surface area (TPSA) is 49.6 Å². The lowest BCUT2D eigenvalue weighted by Crippen LogP contribution is -2.49. The quantitative estimate of drug-likeness (QED) is 0.845. The molecule has 2 unspecified atom stereocenters. The molecule has 21 heavy (non-hydrogen) atoms. The summed E-state index contributed by atoms with van der Waals surface area (Å²) in [5.41, 5.74) is 6.16. The Hall–Kier alpha value is -0.610. The molecule has 122 valence electrons. The largest absolute Gasteiger partial charge is 0.342 e. The van der Waals surface area contributed by atoms with Gasteiger partial charge >= 0.3 is 0 Å². The molecule has 1 heterocycles. The summed E-state index contributed by atoms with van der Waals surface area (Å²) >= 11 is 0. The predicted molar refractivity (Wildman–Crippen MR) is 87.0 cm³/mol. The van der Waals surface area contributed by atoms with E-state index in [0.29, 0.717) is 5.91 Å². The highest BCUT2D eigenvalue weighted by atomic mass is 16.2. The van der Waals surface area contributed by atoms with Gasteiger partial charge in [-0.3, -0.25) is 4.79 Å². The van der Waals surface area contributed by atoms with Gasteiger partial charge in [0.05, 0.1) is 5.92 Å². The summed E-state index contributed by atoms with van der Waals surface area (Å²) in [5.74, 6) is 1.19. The second kappa shape index (κ2) is 8.14. The number of carbonyl (C=O) groups is 1. The van der Waals surface area contributed by atoms with Gasteiger partial charge in [-0.2, -0.15) is 0 Å². The van der Waals surface area contributed by atoms with Crippen LogP contribution in [0.5, 0.6) is 0 Å². The van der Waals surface area contributed by atoms with E-state index in [1.165, 1.54) is 19.4 Å². The maximum Gasteiger partial charge on any atom is 0.227 e. The highest BCUT2D eigenvalue weighted by molar-refractivity contribution is 5.79. The first-order chi connectivity index (χ1) is 10.2. The second-order valence-electron chi connectivity index (χ2n) is 6.81. The van der Waals surface area contributed by atoms with Gasteiger partial charge in [-0.15, -0.1) is 0 Å². The van der Waals surface area contributed by atoms with Gasteiger partial charge < -0.3 is 15.5 Å². The average Bonchev–Trinajstić information content (AvgIpc) is 2.53. The fourth-order valence-corrected chi connectivity index (χ4v) is 3.88. The van der Waals surface area contributed by atoms with E-state index >= 15 is 0 Å². The first-order valence-corrected chi connectivity index (χ1v) is 8.92. The first kappa shape index (κ1) is 16.8. The number of nitrogens with two attached hydrogens (primary N) is 1. The van der Waals surface area contributed by atoms with Crippen LogP contribution < -0.4 is 5.73 Å². The van der Waals surface area contributed by atoms with Crippen molar-refractivity contribution in [2.75, 3.05) is 32.7 Å². The van der Waals surface area contributed by atoms with Gasteiger partial charge in [0.25, 0.3) is 0 Å². The van der Waals surface area contributed by atoms with Gasteiger partial charge in [-0.05, 0) is 44.7 Å². The Morgan fingerprint density at radius 1 is 1.10 bits per heavy atom. The zero-order valence-corrected chi connectivity index (χ0v) is 13.9. The summed E-state index contributed by atoms with van der Waals surface area (Å²) < 4.78 is 0. The van der Waals surface area contributed by atoms with E-state index in [0.717, 1.165) is 57.8 Å². The molecule has 0 radical (unpaired) electrons. The molecule has 1 saturated heterocycles. The summed E-state index contributed by atoms with van der Waals surface area (Å²) in [5, 5.41) is 0. The van der Waals surface area contributed by atoms with Gasteiger partial charge in [-0.25, -0.2) is 0 Å². The molecular formula is C17H33N3O. The lowest BCUT2D eigenvalue weighted by Gasteiger charge is -2.38. The van der Waals surface area contributed by atoms with Crippen molar-refractivity contribution in [3.8, 4) is 0 Å². The molecule has 4 nitrogen and oxygen atoms in total. The Labute approximate surface area is 130 Å². The molecular weight excluding hydrogens is 262 g/mol. The standard InChI is InChI=1S/C17H33N3O/c1-3-19(4-2)13-14-9-11-20(12-10-14)17(21)15-7-5-6-8-16(15)18/h14-16H,3-13,18H2,1-2H3. The van der Waals surface area contributed by atoms with Crippen LogP contribution in [0, 0.1) is 11.8 Å². The van der Waals surface area contributed by atoms with E-state index in [1.54, 1.807) is 0 Å². The zero-order valence-electron chi connectivity index (χ0n) is 13.9. The van der Waals surface area contributed by atoms with Gasteiger partial charge in [0.15, 0.2) is 0 Å². The van der Waals surface area contributed by atoms with Crippen molar-refractivity contribution in [1.29, 1.82) is 0 Å². The SMILES string of the molecule is CCN(CC)CC1CCN(C(=O)C2CCCCC2N)CC1. The molecule has 0 spiro atoms. The van der Waals surface area contributed by atoms with Crippen LogP contribution in [0.25, 0.3) is 0 Å². The molecule has 2 fully saturated rings. The van der Waals surface area contributed by atoms with Gasteiger partial charge in [0.1, 0.15) is 0 Å². The van der Waals surface area contributed by atoms with Crippen LogP contribution >= 0.6 is 0 Å². The Morgan fingerprint density at radius 3 is 2.29 bits per heavy atom. The van der Waals surface area contributed by atoms with Crippen LogP contribution in [0.1, 0.15) is 52.4 Å². The number of piperidine rings is 1. The van der Waals surface area contributed by atoms with E-state index < -0.39 is 0 Å². The van der Waals surface area contributed by atoms with Gasteiger partial charge in [0, 0.05) is 25.7 Å². The van der Waals surface area contributed by atoms with E-state index in [-0.39, 0.29) is 12.0 Å². The molecule has 0 bridgehead atoms. The summed E-state index contributed by atoms with van der Waals surface area (Å²) in [6, 6.07) is 0.0969. The monoisotopic (exact) mass is 295 g/mol. The fourth-order valence-electron chi connectivity index (χ4n) is 3.88. The molecule has 1 aliphatic carbocycles. The minimum absolute atomic E-state index is 0.0954. The number of hydrogen-bond acceptors (Lipinski definition) is 3. The number of rotatable bonds is 5. The van der Waals surface area contributed by atoms with Crippen molar-refractivity contribution < 1.29 is 4.79 Å². The van der Waals surface area contributed by atoms with Crippen LogP contribution in [0.4, 0.5) is 0 Å². The minimum atomic E-state index is 0.0954. The predicted octanol–water partition coefficient (Wildman–Crippen LogP) is 2.08.